The number of halogens is 3. The van der Waals surface area contributed by atoms with Crippen molar-refractivity contribution in [3.63, 3.8) is 0 Å². The number of likely N-dealkylation sites (N-methyl/N-ethyl adjacent to an activating group) is 1. The Kier molecular flexibility index (Phi) is 5.08. The van der Waals surface area contributed by atoms with Crippen molar-refractivity contribution in [3.05, 3.63) is 29.8 Å². The summed E-state index contributed by atoms with van der Waals surface area (Å²) in [7, 11) is -2.55. The van der Waals surface area contributed by atoms with Crippen LogP contribution in [-0.4, -0.2) is 56.0 Å². The van der Waals surface area contributed by atoms with Gasteiger partial charge < -0.3 is 0 Å². The van der Waals surface area contributed by atoms with Crippen LogP contribution < -0.4 is 0 Å². The Hall–Kier alpha value is -1.12. The molecule has 8 heteroatoms. The molecular formula is C15H21F3N2O2S. The van der Waals surface area contributed by atoms with E-state index in [1.165, 1.54) is 24.1 Å². The fourth-order valence-electron chi connectivity index (χ4n) is 2.70. The zero-order chi connectivity index (χ0) is 17.4. The normalized spacial score (nSPS) is 24.8. The number of nitrogens with zero attached hydrogens (tertiary/aromatic N) is 2. The van der Waals surface area contributed by atoms with Crippen molar-refractivity contribution in [1.29, 1.82) is 0 Å². The highest BCUT2D eigenvalue weighted by Gasteiger charge is 2.49. The second-order valence-electron chi connectivity index (χ2n) is 5.89. The summed E-state index contributed by atoms with van der Waals surface area (Å²) in [5.41, 5.74) is 0.976. The van der Waals surface area contributed by atoms with E-state index in [-0.39, 0.29) is 11.4 Å². The van der Waals surface area contributed by atoms with Gasteiger partial charge >= 0.3 is 6.18 Å². The van der Waals surface area contributed by atoms with Gasteiger partial charge in [-0.25, -0.2) is 8.42 Å². The molecule has 23 heavy (non-hydrogen) atoms. The quantitative estimate of drug-likeness (QED) is 0.841. The Balaban J connectivity index is 2.31. The molecule has 1 aliphatic heterocycles. The average Bonchev–Trinajstić information content (AvgIpc) is 2.48. The molecule has 1 saturated heterocycles. The summed E-state index contributed by atoms with van der Waals surface area (Å²) in [6.45, 7) is 3.00. The number of sulfonamides is 1. The number of benzene rings is 1. The second-order valence-corrected chi connectivity index (χ2v) is 7.83. The van der Waals surface area contributed by atoms with Crippen LogP contribution in [0.3, 0.4) is 0 Å². The molecule has 1 aromatic rings. The summed E-state index contributed by atoms with van der Waals surface area (Å²) in [4.78, 5) is 1.22. The molecule has 0 bridgehead atoms. The highest BCUT2D eigenvalue weighted by atomic mass is 32.2. The van der Waals surface area contributed by atoms with Crippen molar-refractivity contribution in [3.8, 4) is 0 Å². The maximum atomic E-state index is 13.2. The Morgan fingerprint density at radius 3 is 2.22 bits per heavy atom. The average molecular weight is 350 g/mol. The first-order valence-corrected chi connectivity index (χ1v) is 8.89. The molecule has 0 spiro atoms. The Bertz CT molecular complexity index is 644. The van der Waals surface area contributed by atoms with Crippen LogP contribution in [0, 0.1) is 0 Å². The maximum Gasteiger partial charge on any atom is 0.405 e. The largest absolute Gasteiger partial charge is 0.405 e. The van der Waals surface area contributed by atoms with Crippen LogP contribution in [0.25, 0.3) is 0 Å². The predicted octanol–water partition coefficient (Wildman–Crippen LogP) is 2.50. The third-order valence-electron chi connectivity index (χ3n) is 4.38. The highest BCUT2D eigenvalue weighted by Crippen LogP contribution is 2.31. The SMILES string of the molecule is CCc1ccc(S(=O)(=O)N2CC(C)N(C)C(C(F)(F)F)C2)cc1. The summed E-state index contributed by atoms with van der Waals surface area (Å²) in [5, 5.41) is 0. The zero-order valence-corrected chi connectivity index (χ0v) is 14.2. The third kappa shape index (κ3) is 3.70. The van der Waals surface area contributed by atoms with Crippen LogP contribution in [0.2, 0.25) is 0 Å². The van der Waals surface area contributed by atoms with Crippen molar-refractivity contribution in [2.24, 2.45) is 0 Å². The Morgan fingerprint density at radius 2 is 1.74 bits per heavy atom. The van der Waals surface area contributed by atoms with Crippen molar-refractivity contribution in [2.75, 3.05) is 20.1 Å². The standard InChI is InChI=1S/C15H21F3N2O2S/c1-4-12-5-7-13(8-6-12)23(21,22)20-9-11(2)19(3)14(10-20)15(16,17)18/h5-8,11,14H,4,9-10H2,1-3H3. The number of hydrogen-bond donors (Lipinski definition) is 0. The van der Waals surface area contributed by atoms with Crippen LogP contribution in [0.5, 0.6) is 0 Å². The molecule has 2 unspecified atom stereocenters. The van der Waals surface area contributed by atoms with Gasteiger partial charge in [0.25, 0.3) is 0 Å². The number of aryl methyl sites for hydroxylation is 1. The van der Waals surface area contributed by atoms with E-state index in [1.807, 2.05) is 6.92 Å². The molecule has 2 atom stereocenters. The summed E-state index contributed by atoms with van der Waals surface area (Å²) in [6.07, 6.45) is -3.70. The van der Waals surface area contributed by atoms with Gasteiger partial charge in [0.1, 0.15) is 6.04 Å². The third-order valence-corrected chi connectivity index (χ3v) is 6.22. The van der Waals surface area contributed by atoms with Crippen LogP contribution in [0.4, 0.5) is 13.2 Å². The van der Waals surface area contributed by atoms with Crippen molar-refractivity contribution < 1.29 is 21.6 Å². The summed E-state index contributed by atoms with van der Waals surface area (Å²) >= 11 is 0. The summed E-state index contributed by atoms with van der Waals surface area (Å²) in [5.74, 6) is 0. The van der Waals surface area contributed by atoms with E-state index in [1.54, 1.807) is 19.1 Å². The van der Waals surface area contributed by atoms with Gasteiger partial charge in [0.2, 0.25) is 10.0 Å². The Labute approximate surface area is 134 Å². The molecule has 0 amide bonds. The van der Waals surface area contributed by atoms with Gasteiger partial charge in [-0.1, -0.05) is 19.1 Å². The summed E-state index contributed by atoms with van der Waals surface area (Å²) in [6, 6.07) is 3.98. The molecule has 1 aliphatic rings. The van der Waals surface area contributed by atoms with E-state index in [0.29, 0.717) is 0 Å². The fourth-order valence-corrected chi connectivity index (χ4v) is 4.23. The van der Waals surface area contributed by atoms with Gasteiger partial charge in [0, 0.05) is 19.1 Å². The van der Waals surface area contributed by atoms with E-state index in [9.17, 15) is 21.6 Å². The van der Waals surface area contributed by atoms with Crippen molar-refractivity contribution >= 4 is 10.0 Å². The minimum atomic E-state index is -4.47. The maximum absolute atomic E-state index is 13.2. The van der Waals surface area contributed by atoms with E-state index in [4.69, 9.17) is 0 Å². The molecule has 0 aliphatic carbocycles. The Morgan fingerprint density at radius 1 is 1.17 bits per heavy atom. The van der Waals surface area contributed by atoms with Crippen LogP contribution in [0.1, 0.15) is 19.4 Å². The van der Waals surface area contributed by atoms with Crippen molar-refractivity contribution in [1.82, 2.24) is 9.21 Å². The second kappa shape index (κ2) is 6.41. The van der Waals surface area contributed by atoms with Gasteiger partial charge in [-0.2, -0.15) is 17.5 Å². The molecule has 4 nitrogen and oxygen atoms in total. The van der Waals surface area contributed by atoms with E-state index >= 15 is 0 Å². The molecule has 0 radical (unpaired) electrons. The molecule has 130 valence electrons. The minimum Gasteiger partial charge on any atom is -0.290 e. The lowest BCUT2D eigenvalue weighted by Gasteiger charge is -2.43. The molecule has 1 aromatic carbocycles. The van der Waals surface area contributed by atoms with E-state index in [0.717, 1.165) is 16.3 Å². The lowest BCUT2D eigenvalue weighted by molar-refractivity contribution is -0.194. The minimum absolute atomic E-state index is 0.0346. The van der Waals surface area contributed by atoms with Crippen LogP contribution in [0.15, 0.2) is 29.2 Å². The van der Waals surface area contributed by atoms with Gasteiger partial charge in [-0.05, 0) is 38.1 Å². The molecule has 0 N–H and O–H groups in total. The van der Waals surface area contributed by atoms with Gasteiger partial charge in [-0.15, -0.1) is 0 Å². The number of hydrogen-bond acceptors (Lipinski definition) is 3. The molecule has 2 rings (SSSR count). The number of piperazine rings is 1. The summed E-state index contributed by atoms with van der Waals surface area (Å²) < 4.78 is 65.7. The van der Waals surface area contributed by atoms with Crippen molar-refractivity contribution in [2.45, 2.75) is 43.4 Å². The van der Waals surface area contributed by atoms with Gasteiger partial charge in [0.15, 0.2) is 0 Å². The monoisotopic (exact) mass is 350 g/mol. The zero-order valence-electron chi connectivity index (χ0n) is 13.3. The molecule has 0 saturated carbocycles. The van der Waals surface area contributed by atoms with Gasteiger partial charge in [-0.3, -0.25) is 4.90 Å². The van der Waals surface area contributed by atoms with Gasteiger partial charge in [0.05, 0.1) is 4.90 Å². The van der Waals surface area contributed by atoms with Crippen LogP contribution >= 0.6 is 0 Å². The molecule has 1 heterocycles. The predicted molar refractivity (Wildman–Crippen MR) is 81.6 cm³/mol. The first-order chi connectivity index (χ1) is 10.6. The fraction of sp³-hybridized carbons (Fsp3) is 0.600. The highest BCUT2D eigenvalue weighted by molar-refractivity contribution is 7.89. The van der Waals surface area contributed by atoms with E-state index < -0.39 is 34.8 Å². The number of alkyl halides is 3. The van der Waals surface area contributed by atoms with Crippen LogP contribution in [-0.2, 0) is 16.4 Å². The first-order valence-electron chi connectivity index (χ1n) is 7.45. The lowest BCUT2D eigenvalue weighted by atomic mass is 10.1. The molecule has 0 aromatic heterocycles. The lowest BCUT2D eigenvalue weighted by Crippen LogP contribution is -2.62. The van der Waals surface area contributed by atoms with E-state index in [2.05, 4.69) is 0 Å². The topological polar surface area (TPSA) is 40.6 Å². The smallest absolute Gasteiger partial charge is 0.290 e. The first kappa shape index (κ1) is 18.2. The molecule has 1 fully saturated rings. The molecular weight excluding hydrogens is 329 g/mol. The number of rotatable bonds is 3.